The fraction of sp³-hybridized carbons (Fsp3) is 0.746. The molecule has 100 heavy (non-hydrogen) atoms. The maximum absolute atomic E-state index is 15.4. The van der Waals surface area contributed by atoms with E-state index in [4.69, 9.17) is 16.3 Å². The van der Waals surface area contributed by atoms with Crippen molar-refractivity contribution in [3.63, 3.8) is 0 Å². The monoisotopic (exact) mass is 1430 g/mol. The summed E-state index contributed by atoms with van der Waals surface area (Å²) in [4.78, 5) is 191. The van der Waals surface area contributed by atoms with Crippen LogP contribution in [0.3, 0.4) is 0 Å². The van der Waals surface area contributed by atoms with Gasteiger partial charge in [-0.3, -0.25) is 57.5 Å². The van der Waals surface area contributed by atoms with E-state index in [-0.39, 0.29) is 77.0 Å². The van der Waals surface area contributed by atoms with E-state index >= 15 is 19.2 Å². The molecule has 3 N–H and O–H groups in total. The van der Waals surface area contributed by atoms with Gasteiger partial charge >= 0.3 is 6.18 Å². The quantitative estimate of drug-likeness (QED) is 0.248. The molecule has 1 spiro atoms. The third-order valence-electron chi connectivity index (χ3n) is 22.1. The summed E-state index contributed by atoms with van der Waals surface area (Å²) < 4.78 is 47.0. The Kier molecular flexibility index (Phi) is 28.2. The van der Waals surface area contributed by atoms with E-state index in [1.165, 1.54) is 96.7 Å². The highest BCUT2D eigenvalue weighted by Gasteiger charge is 2.51. The van der Waals surface area contributed by atoms with Crippen molar-refractivity contribution < 1.29 is 75.4 Å². The standard InChI is InChI=1S/C71H108ClF3N12O13/c1-13-44(4)58-67(97)80(7)45(5)62(92)87-37-30-53(87)65(95)82(9)54(40-46-23-16-14-17-24-46)64(94)79(6)42-56(88)76-50(29-27-47-26-28-48(49(72)39-47)71(73,74)75)63(93)86-36-22-25-52(86)61(91)78-70(32-18-19-33-70)69(99)84(11)59(43(2)3)68(98)83(10)55(66(96)85-34-20-15-21-35-85)41-57(89)81(8)51(31-38-100-12)60(90)77-58/h26,28,39,43-46,50-55,58-59H,13-25,27,29-38,40-42H2,1-12H3,(H,76,88)(H,77,90)(H,78,91)/t44-,45-,50-,51-,52-,53-,54-,55-,58-,59-/m0/s1. The smallest absolute Gasteiger partial charge is 0.385 e. The first kappa shape index (κ1) is 80.2. The van der Waals surface area contributed by atoms with Gasteiger partial charge < -0.3 is 64.8 Å². The number of benzene rings is 1. The molecule has 25 nitrogen and oxygen atoms in total. The third kappa shape index (κ3) is 18.8. The van der Waals surface area contributed by atoms with E-state index in [1.807, 2.05) is 6.92 Å². The topological polar surface area (TPSA) is 279 Å². The average molecular weight is 1430 g/mol. The molecule has 2 saturated carbocycles. The van der Waals surface area contributed by atoms with E-state index in [2.05, 4.69) is 16.0 Å². The molecule has 29 heteroatoms. The van der Waals surface area contributed by atoms with Gasteiger partial charge in [0.25, 0.3) is 0 Å². The van der Waals surface area contributed by atoms with Gasteiger partial charge in [0.1, 0.15) is 59.9 Å². The number of carbonyl (C=O) groups excluding carboxylic acids is 12. The molecule has 4 saturated heterocycles. The summed E-state index contributed by atoms with van der Waals surface area (Å²) in [6.45, 7) is 8.76. The summed E-state index contributed by atoms with van der Waals surface area (Å²) in [6.07, 6.45) is 3.42. The number of halogens is 4. The lowest BCUT2D eigenvalue weighted by Gasteiger charge is -2.45. The Hall–Kier alpha value is -7.10. The maximum Gasteiger partial charge on any atom is 0.417 e. The number of fused-ring (bicyclic) bond motifs is 2. The zero-order valence-corrected chi connectivity index (χ0v) is 61.4. The summed E-state index contributed by atoms with van der Waals surface area (Å²) in [5.41, 5.74) is -2.37. The molecule has 1 aromatic carbocycles. The number of hydrogen-bond donors (Lipinski definition) is 3. The molecule has 1 aromatic rings. The predicted octanol–water partition coefficient (Wildman–Crippen LogP) is 5.02. The van der Waals surface area contributed by atoms with Crippen molar-refractivity contribution in [2.45, 2.75) is 236 Å². The van der Waals surface area contributed by atoms with E-state index in [0.29, 0.717) is 57.2 Å². The number of nitrogens with one attached hydrogen (secondary N) is 3. The lowest BCUT2D eigenvalue weighted by molar-refractivity contribution is -0.160. The van der Waals surface area contributed by atoms with E-state index in [9.17, 15) is 51.5 Å². The minimum absolute atomic E-state index is 0.0179. The fourth-order valence-corrected chi connectivity index (χ4v) is 15.7. The van der Waals surface area contributed by atoms with Crippen LogP contribution in [0.4, 0.5) is 13.2 Å². The molecule has 10 atom stereocenters. The zero-order valence-electron chi connectivity index (χ0n) is 60.6. The predicted molar refractivity (Wildman–Crippen MR) is 366 cm³/mol. The first-order valence-electron chi connectivity index (χ1n) is 35.9. The van der Waals surface area contributed by atoms with Gasteiger partial charge in [0.15, 0.2) is 0 Å². The summed E-state index contributed by atoms with van der Waals surface area (Å²) in [7, 11) is 9.92. The number of carbonyl (C=O) groups is 12. The Morgan fingerprint density at radius 3 is 1.89 bits per heavy atom. The molecule has 0 bridgehead atoms. The van der Waals surface area contributed by atoms with Crippen LogP contribution >= 0.6 is 11.6 Å². The van der Waals surface area contributed by atoms with Crippen LogP contribution in [0, 0.1) is 17.8 Å². The van der Waals surface area contributed by atoms with Gasteiger partial charge in [0.05, 0.1) is 23.6 Å². The van der Waals surface area contributed by atoms with Crippen molar-refractivity contribution in [2.75, 3.05) is 88.7 Å². The Bertz CT molecular complexity index is 3140. The van der Waals surface area contributed by atoms with Gasteiger partial charge in [-0.2, -0.15) is 13.2 Å². The normalized spacial score (nSPS) is 27.8. The summed E-state index contributed by atoms with van der Waals surface area (Å²) in [6, 6.07) is -8.06. The number of piperidine rings is 1. The highest BCUT2D eigenvalue weighted by molar-refractivity contribution is 6.31. The molecule has 6 fully saturated rings. The third-order valence-corrected chi connectivity index (χ3v) is 22.4. The van der Waals surface area contributed by atoms with E-state index < -0.39 is 172 Å². The summed E-state index contributed by atoms with van der Waals surface area (Å²) in [5.74, 6) is -8.98. The van der Waals surface area contributed by atoms with Gasteiger partial charge in [-0.1, -0.05) is 96.7 Å². The van der Waals surface area contributed by atoms with Gasteiger partial charge in [-0.05, 0) is 113 Å². The molecule has 4 heterocycles. The van der Waals surface area contributed by atoms with Crippen LogP contribution in [-0.2, 0) is 74.9 Å². The first-order chi connectivity index (χ1) is 47.2. The molecule has 0 radical (unpaired) electrons. The van der Waals surface area contributed by atoms with E-state index in [1.54, 1.807) is 25.7 Å². The minimum Gasteiger partial charge on any atom is -0.385 e. The molecule has 12 amide bonds. The first-order valence-corrected chi connectivity index (χ1v) is 36.3. The number of amides is 12. The number of ether oxygens (including phenoxy) is 1. The largest absolute Gasteiger partial charge is 0.417 e. The van der Waals surface area contributed by atoms with Crippen LogP contribution in [-0.4, -0.2) is 264 Å². The number of alkyl halides is 3. The van der Waals surface area contributed by atoms with Crippen molar-refractivity contribution >= 4 is 82.5 Å². The SMILES string of the molecule is CC[C@H](C)[C@@H]1NC(=O)[C@H](CCOC)N(C)C(=O)C[C@@H](C(=O)N2CCCCC2)N(C)C(=O)[C@H](C(C)C)N(C)C(=O)C2(CCCC2)NC(=O)[C@@H]2CCCN2C(=O)[C@H](CCc2ccc(C(F)(F)F)c(Cl)c2)NC(=O)CN(C)C(=O)[C@H](CC2CCCCC2)N(C)C(=O)[C@@H]2CCN2C(=O)[C@H](C)N(C)C1=O. The highest BCUT2D eigenvalue weighted by atomic mass is 35.5. The molecule has 4 aliphatic heterocycles. The Balaban J connectivity index is 1.28. The number of hydrogen-bond acceptors (Lipinski definition) is 13. The molecule has 6 aliphatic rings. The number of likely N-dealkylation sites (tertiary alicyclic amines) is 1. The number of nitrogens with zero attached hydrogens (tertiary/aromatic N) is 9. The molecule has 7 rings (SSSR count). The van der Waals surface area contributed by atoms with Crippen LogP contribution in [0.25, 0.3) is 0 Å². The number of likely N-dealkylation sites (N-methyl/N-ethyl adjacent to an activating group) is 6. The van der Waals surface area contributed by atoms with Crippen molar-refractivity contribution in [1.29, 1.82) is 0 Å². The van der Waals surface area contributed by atoms with Crippen molar-refractivity contribution in [3.05, 3.63) is 34.3 Å². The second kappa shape index (κ2) is 35.2. The molecular formula is C71H108ClF3N12O13. The van der Waals surface area contributed by atoms with Crippen molar-refractivity contribution in [1.82, 2.24) is 60.0 Å². The highest BCUT2D eigenvalue weighted by Crippen LogP contribution is 2.38. The fourth-order valence-electron chi connectivity index (χ4n) is 15.4. The number of methoxy groups -OCH3 is 1. The number of aryl methyl sites for hydroxylation is 1. The molecule has 558 valence electrons. The second-order valence-electron chi connectivity index (χ2n) is 29.1. The Labute approximate surface area is 591 Å². The van der Waals surface area contributed by atoms with Crippen LogP contribution < -0.4 is 16.0 Å². The summed E-state index contributed by atoms with van der Waals surface area (Å²) >= 11 is 6.15. The molecular weight excluding hydrogens is 1320 g/mol. The zero-order chi connectivity index (χ0) is 73.8. The minimum atomic E-state index is -4.76. The lowest BCUT2D eigenvalue weighted by Crippen LogP contribution is -2.65. The van der Waals surface area contributed by atoms with Crippen LogP contribution in [0.1, 0.15) is 174 Å². The van der Waals surface area contributed by atoms with Gasteiger partial charge in [0.2, 0.25) is 70.9 Å². The van der Waals surface area contributed by atoms with Crippen LogP contribution in [0.5, 0.6) is 0 Å². The van der Waals surface area contributed by atoms with Crippen LogP contribution in [0.15, 0.2) is 18.2 Å². The Morgan fingerprint density at radius 1 is 0.660 bits per heavy atom. The lowest BCUT2D eigenvalue weighted by atomic mass is 9.84. The molecule has 2 aliphatic carbocycles. The summed E-state index contributed by atoms with van der Waals surface area (Å²) in [5, 5.41) is 8.09. The van der Waals surface area contributed by atoms with Gasteiger partial charge in [-0.25, -0.2) is 0 Å². The van der Waals surface area contributed by atoms with Crippen molar-refractivity contribution in [2.24, 2.45) is 17.8 Å². The van der Waals surface area contributed by atoms with Crippen LogP contribution in [0.2, 0.25) is 5.02 Å². The van der Waals surface area contributed by atoms with Crippen molar-refractivity contribution in [3.8, 4) is 0 Å². The Morgan fingerprint density at radius 2 is 1.30 bits per heavy atom. The molecule has 0 unspecified atom stereocenters. The number of rotatable bonds is 12. The second-order valence-corrected chi connectivity index (χ2v) is 29.5. The average Bonchev–Trinajstić information content (AvgIpc) is 1.30. The van der Waals surface area contributed by atoms with E-state index in [0.717, 1.165) is 55.6 Å². The maximum atomic E-state index is 15.4. The molecule has 0 aromatic heterocycles. The van der Waals surface area contributed by atoms with Gasteiger partial charge in [0, 0.05) is 88.6 Å². The van der Waals surface area contributed by atoms with Gasteiger partial charge in [-0.15, -0.1) is 0 Å².